The molecule has 0 bridgehead atoms. The lowest BCUT2D eigenvalue weighted by Crippen LogP contribution is -2.28. The van der Waals surface area contributed by atoms with Crippen LogP contribution in [0.25, 0.3) is 33.2 Å². The third-order valence-electron chi connectivity index (χ3n) is 8.48. The van der Waals surface area contributed by atoms with Gasteiger partial charge in [0, 0.05) is 17.1 Å². The SMILES string of the molecule is Brc1cc(-c2ccc3c(c2)C(c2ccccc2)(c2ccccc2)c2ccccc2-3)cnc1Nc1ccc2ccccc2n1. The van der Waals surface area contributed by atoms with Gasteiger partial charge in [-0.15, -0.1) is 0 Å². The second-order valence-electron chi connectivity index (χ2n) is 10.9. The van der Waals surface area contributed by atoms with E-state index in [1.165, 1.54) is 33.4 Å². The number of hydrogen-bond acceptors (Lipinski definition) is 3. The van der Waals surface area contributed by atoms with Crippen molar-refractivity contribution in [2.75, 3.05) is 5.32 Å². The zero-order valence-corrected chi connectivity index (χ0v) is 24.8. The molecule has 1 aliphatic rings. The van der Waals surface area contributed by atoms with Crippen LogP contribution in [0.1, 0.15) is 22.3 Å². The Bertz CT molecular complexity index is 2080. The molecule has 43 heavy (non-hydrogen) atoms. The Balaban J connectivity index is 1.25. The highest BCUT2D eigenvalue weighted by molar-refractivity contribution is 9.10. The Labute approximate surface area is 259 Å². The summed E-state index contributed by atoms with van der Waals surface area (Å²) in [6.45, 7) is 0. The molecule has 8 rings (SSSR count). The van der Waals surface area contributed by atoms with E-state index in [0.29, 0.717) is 0 Å². The minimum absolute atomic E-state index is 0.432. The fraction of sp³-hybridized carbons (Fsp3) is 0.0256. The van der Waals surface area contributed by atoms with Crippen molar-refractivity contribution < 1.29 is 0 Å². The normalized spacial score (nSPS) is 13.0. The number of rotatable bonds is 5. The number of pyridine rings is 2. The lowest BCUT2D eigenvalue weighted by molar-refractivity contribution is 0.769. The number of nitrogens with zero attached hydrogens (tertiary/aromatic N) is 2. The number of halogens is 1. The summed E-state index contributed by atoms with van der Waals surface area (Å²) in [6, 6.07) is 51.7. The average Bonchev–Trinajstić information content (AvgIpc) is 3.37. The predicted octanol–water partition coefficient (Wildman–Crippen LogP) is 10.2. The number of nitrogens with one attached hydrogen (secondary N) is 1. The smallest absolute Gasteiger partial charge is 0.145 e. The molecular formula is C39H26BrN3. The van der Waals surface area contributed by atoms with Crippen molar-refractivity contribution in [3.05, 3.63) is 179 Å². The molecular weight excluding hydrogens is 590 g/mol. The molecule has 0 spiro atoms. The number of para-hydroxylation sites is 1. The number of hydrogen-bond donors (Lipinski definition) is 1. The van der Waals surface area contributed by atoms with Gasteiger partial charge in [-0.05, 0) is 85.2 Å². The maximum Gasteiger partial charge on any atom is 0.145 e. The Morgan fingerprint density at radius 2 is 1.23 bits per heavy atom. The minimum Gasteiger partial charge on any atom is -0.324 e. The number of anilines is 2. The molecule has 0 atom stereocenters. The van der Waals surface area contributed by atoms with Crippen molar-refractivity contribution in [3.8, 4) is 22.3 Å². The van der Waals surface area contributed by atoms with E-state index in [4.69, 9.17) is 9.97 Å². The second kappa shape index (κ2) is 10.3. The quantitative estimate of drug-likeness (QED) is 0.209. The lowest BCUT2D eigenvalue weighted by Gasteiger charge is -2.34. The first-order chi connectivity index (χ1) is 21.2. The van der Waals surface area contributed by atoms with Crippen LogP contribution in [0.4, 0.5) is 11.6 Å². The molecule has 2 heterocycles. The van der Waals surface area contributed by atoms with Gasteiger partial charge < -0.3 is 5.32 Å². The molecule has 0 fully saturated rings. The van der Waals surface area contributed by atoms with E-state index in [9.17, 15) is 0 Å². The van der Waals surface area contributed by atoms with Gasteiger partial charge in [-0.25, -0.2) is 9.97 Å². The highest BCUT2D eigenvalue weighted by atomic mass is 79.9. The summed E-state index contributed by atoms with van der Waals surface area (Å²) in [5, 5.41) is 4.49. The standard InChI is InChI=1S/C39H26BrN3/c40-35-24-28(25-41-38(35)43-37-22-20-26-11-7-10-18-36(26)42-37)27-19-21-32-31-16-8-9-17-33(31)39(34(32)23-27,29-12-3-1-4-13-29)30-14-5-2-6-15-30/h1-25H,(H,41,42,43). The summed E-state index contributed by atoms with van der Waals surface area (Å²) in [5.41, 5.74) is 10.3. The highest BCUT2D eigenvalue weighted by Gasteiger charge is 2.46. The fourth-order valence-electron chi connectivity index (χ4n) is 6.57. The molecule has 0 unspecified atom stereocenters. The average molecular weight is 617 g/mol. The molecule has 7 aromatic rings. The van der Waals surface area contributed by atoms with E-state index >= 15 is 0 Å². The minimum atomic E-state index is -0.432. The highest BCUT2D eigenvalue weighted by Crippen LogP contribution is 2.56. The summed E-state index contributed by atoms with van der Waals surface area (Å²) in [7, 11) is 0. The topological polar surface area (TPSA) is 37.8 Å². The first-order valence-corrected chi connectivity index (χ1v) is 15.2. The summed E-state index contributed by atoms with van der Waals surface area (Å²) in [6.07, 6.45) is 1.94. The summed E-state index contributed by atoms with van der Waals surface area (Å²) in [4.78, 5) is 9.57. The van der Waals surface area contributed by atoms with E-state index in [2.05, 4.69) is 143 Å². The van der Waals surface area contributed by atoms with E-state index in [-0.39, 0.29) is 0 Å². The van der Waals surface area contributed by atoms with Gasteiger partial charge in [-0.3, -0.25) is 0 Å². The molecule has 1 N–H and O–H groups in total. The van der Waals surface area contributed by atoms with E-state index < -0.39 is 5.41 Å². The van der Waals surface area contributed by atoms with Gasteiger partial charge >= 0.3 is 0 Å². The van der Waals surface area contributed by atoms with E-state index in [1.807, 2.05) is 30.5 Å². The van der Waals surface area contributed by atoms with Crippen molar-refractivity contribution in [3.63, 3.8) is 0 Å². The van der Waals surface area contributed by atoms with Crippen molar-refractivity contribution in [2.45, 2.75) is 5.41 Å². The molecule has 0 saturated carbocycles. The van der Waals surface area contributed by atoms with Crippen molar-refractivity contribution in [2.24, 2.45) is 0 Å². The summed E-state index contributed by atoms with van der Waals surface area (Å²) in [5.74, 6) is 1.48. The third-order valence-corrected chi connectivity index (χ3v) is 9.08. The molecule has 204 valence electrons. The van der Waals surface area contributed by atoms with Gasteiger partial charge in [0.15, 0.2) is 0 Å². The number of benzene rings is 5. The van der Waals surface area contributed by atoms with Gasteiger partial charge in [-0.2, -0.15) is 0 Å². The molecule has 0 radical (unpaired) electrons. The third kappa shape index (κ3) is 4.17. The first kappa shape index (κ1) is 25.6. The van der Waals surface area contributed by atoms with Gasteiger partial charge in [-0.1, -0.05) is 115 Å². The first-order valence-electron chi connectivity index (χ1n) is 14.4. The van der Waals surface area contributed by atoms with Crippen LogP contribution in [0.2, 0.25) is 0 Å². The van der Waals surface area contributed by atoms with Gasteiger partial charge in [0.25, 0.3) is 0 Å². The van der Waals surface area contributed by atoms with Gasteiger partial charge in [0.2, 0.25) is 0 Å². The molecule has 2 aromatic heterocycles. The second-order valence-corrected chi connectivity index (χ2v) is 11.7. The van der Waals surface area contributed by atoms with Crippen LogP contribution in [-0.2, 0) is 5.41 Å². The molecule has 3 nitrogen and oxygen atoms in total. The van der Waals surface area contributed by atoms with Crippen LogP contribution in [-0.4, -0.2) is 9.97 Å². The van der Waals surface area contributed by atoms with Crippen molar-refractivity contribution in [1.82, 2.24) is 9.97 Å². The molecule has 0 amide bonds. The molecule has 0 aliphatic heterocycles. The van der Waals surface area contributed by atoms with Crippen LogP contribution in [0.15, 0.2) is 156 Å². The Morgan fingerprint density at radius 3 is 2.00 bits per heavy atom. The molecule has 0 saturated heterocycles. The van der Waals surface area contributed by atoms with Crippen LogP contribution in [0.3, 0.4) is 0 Å². The zero-order chi connectivity index (χ0) is 28.8. The Hall–Kier alpha value is -5.06. The number of aromatic nitrogens is 2. The van der Waals surface area contributed by atoms with E-state index in [0.717, 1.165) is 38.1 Å². The van der Waals surface area contributed by atoms with Crippen molar-refractivity contribution >= 4 is 38.5 Å². The van der Waals surface area contributed by atoms with E-state index in [1.54, 1.807) is 0 Å². The Kier molecular flexibility index (Phi) is 6.16. The molecule has 5 aromatic carbocycles. The maximum absolute atomic E-state index is 4.82. The molecule has 1 aliphatic carbocycles. The zero-order valence-electron chi connectivity index (χ0n) is 23.2. The van der Waals surface area contributed by atoms with Crippen LogP contribution in [0, 0.1) is 0 Å². The Morgan fingerprint density at radius 1 is 0.558 bits per heavy atom. The van der Waals surface area contributed by atoms with Crippen molar-refractivity contribution in [1.29, 1.82) is 0 Å². The predicted molar refractivity (Wildman–Crippen MR) is 180 cm³/mol. The van der Waals surface area contributed by atoms with Gasteiger partial charge in [0.05, 0.1) is 15.4 Å². The fourth-order valence-corrected chi connectivity index (χ4v) is 7.02. The van der Waals surface area contributed by atoms with Crippen LogP contribution in [0.5, 0.6) is 0 Å². The summed E-state index contributed by atoms with van der Waals surface area (Å²) >= 11 is 3.78. The largest absolute Gasteiger partial charge is 0.324 e. The lowest BCUT2D eigenvalue weighted by atomic mass is 9.67. The molecule has 4 heteroatoms. The van der Waals surface area contributed by atoms with Crippen LogP contribution < -0.4 is 5.32 Å². The van der Waals surface area contributed by atoms with Gasteiger partial charge in [0.1, 0.15) is 11.6 Å². The van der Waals surface area contributed by atoms with Crippen LogP contribution >= 0.6 is 15.9 Å². The number of fused-ring (bicyclic) bond motifs is 4. The maximum atomic E-state index is 4.82. The summed E-state index contributed by atoms with van der Waals surface area (Å²) < 4.78 is 0.876. The monoisotopic (exact) mass is 615 g/mol.